The van der Waals surface area contributed by atoms with Crippen LogP contribution in [0.5, 0.6) is 11.6 Å². The third kappa shape index (κ3) is 6.07. The first kappa shape index (κ1) is 27.1. The van der Waals surface area contributed by atoms with Crippen molar-refractivity contribution in [2.75, 3.05) is 11.9 Å². The monoisotopic (exact) mass is 561 g/mol. The van der Waals surface area contributed by atoms with E-state index in [1.807, 2.05) is 31.2 Å². The zero-order valence-electron chi connectivity index (χ0n) is 22.0. The van der Waals surface area contributed by atoms with Gasteiger partial charge in [-0.3, -0.25) is 9.36 Å². The molecule has 40 heavy (non-hydrogen) atoms. The molecule has 206 valence electrons. The van der Waals surface area contributed by atoms with Crippen LogP contribution < -0.4 is 21.4 Å². The number of ether oxygens (including phenoxy) is 2. The summed E-state index contributed by atoms with van der Waals surface area (Å²) in [6.45, 7) is 4.22. The van der Waals surface area contributed by atoms with E-state index in [1.165, 1.54) is 10.8 Å². The van der Waals surface area contributed by atoms with Gasteiger partial charge in [0, 0.05) is 24.0 Å². The molecule has 0 amide bonds. The molecule has 0 unspecified atom stereocenters. The number of esters is 1. The molecule has 11 heteroatoms. The van der Waals surface area contributed by atoms with Crippen molar-refractivity contribution in [1.29, 1.82) is 0 Å². The van der Waals surface area contributed by atoms with E-state index in [9.17, 15) is 14.4 Å². The third-order valence-electron chi connectivity index (χ3n) is 6.69. The number of aromatic nitrogens is 4. The highest BCUT2D eigenvalue weighted by atomic mass is 35.5. The van der Waals surface area contributed by atoms with Crippen LogP contribution in [0.1, 0.15) is 36.9 Å². The van der Waals surface area contributed by atoms with E-state index in [0.717, 1.165) is 15.7 Å². The molecule has 0 radical (unpaired) electrons. The molecule has 5 rings (SSSR count). The van der Waals surface area contributed by atoms with E-state index in [2.05, 4.69) is 15.3 Å². The number of nitrogens with one attached hydrogen (secondary N) is 1. The van der Waals surface area contributed by atoms with Crippen molar-refractivity contribution in [1.82, 2.24) is 19.1 Å². The molecule has 1 aliphatic carbocycles. The van der Waals surface area contributed by atoms with Crippen molar-refractivity contribution >= 4 is 29.2 Å². The highest BCUT2D eigenvalue weighted by Gasteiger charge is 2.38. The molecule has 2 aromatic heterocycles. The van der Waals surface area contributed by atoms with Gasteiger partial charge in [-0.2, -0.15) is 4.98 Å². The molecule has 0 saturated heterocycles. The standard InChI is InChI=1S/C29H28ClN5O5/c1-3-39-26(36)20-14-23(15-20)35-28(37)33-27(34(29(35)38)17-19-6-4-18(2)5-7-19)32-22-9-11-24(12-10-22)40-25-13-8-21(30)16-31-25/h4-13,16,20,23H,3,14-15,17H2,1-2H3,(H,32,33,37). The topological polar surface area (TPSA) is 117 Å². The summed E-state index contributed by atoms with van der Waals surface area (Å²) in [6.07, 6.45) is 2.21. The Kier molecular flexibility index (Phi) is 7.97. The summed E-state index contributed by atoms with van der Waals surface area (Å²) < 4.78 is 13.4. The van der Waals surface area contributed by atoms with Crippen LogP contribution in [0.4, 0.5) is 11.6 Å². The molecule has 0 spiro atoms. The van der Waals surface area contributed by atoms with Gasteiger partial charge >= 0.3 is 17.3 Å². The van der Waals surface area contributed by atoms with Gasteiger partial charge in [-0.15, -0.1) is 0 Å². The third-order valence-corrected chi connectivity index (χ3v) is 6.92. The zero-order chi connectivity index (χ0) is 28.2. The van der Waals surface area contributed by atoms with Gasteiger partial charge in [-0.25, -0.2) is 19.1 Å². The van der Waals surface area contributed by atoms with Crippen LogP contribution in [-0.4, -0.2) is 31.7 Å². The second-order valence-electron chi connectivity index (χ2n) is 9.58. The Morgan fingerprint density at radius 3 is 2.42 bits per heavy atom. The van der Waals surface area contributed by atoms with Crippen LogP contribution >= 0.6 is 11.6 Å². The fourth-order valence-corrected chi connectivity index (χ4v) is 4.58. The number of pyridine rings is 1. The molecule has 0 aliphatic heterocycles. The molecule has 1 saturated carbocycles. The molecule has 0 bridgehead atoms. The summed E-state index contributed by atoms with van der Waals surface area (Å²) >= 11 is 5.88. The lowest BCUT2D eigenvalue weighted by Crippen LogP contribution is -2.49. The van der Waals surface area contributed by atoms with Crippen molar-refractivity contribution in [2.24, 2.45) is 5.92 Å². The summed E-state index contributed by atoms with van der Waals surface area (Å²) in [5.74, 6) is 0.410. The molecule has 2 aromatic carbocycles. The van der Waals surface area contributed by atoms with E-state index in [1.54, 1.807) is 43.3 Å². The zero-order valence-corrected chi connectivity index (χ0v) is 22.8. The van der Waals surface area contributed by atoms with Crippen LogP contribution in [0.2, 0.25) is 5.02 Å². The normalized spacial score (nSPS) is 16.2. The fraction of sp³-hybridized carbons (Fsp3) is 0.276. The van der Waals surface area contributed by atoms with Gasteiger partial charge in [-0.1, -0.05) is 41.4 Å². The van der Waals surface area contributed by atoms with E-state index < -0.39 is 17.4 Å². The second-order valence-corrected chi connectivity index (χ2v) is 10.0. The summed E-state index contributed by atoms with van der Waals surface area (Å²) in [5, 5.41) is 3.61. The minimum Gasteiger partial charge on any atom is -0.466 e. The molecular formula is C29H28ClN5O5. The molecular weight excluding hydrogens is 534 g/mol. The van der Waals surface area contributed by atoms with Crippen LogP contribution in [0.15, 0.2) is 76.4 Å². The Balaban J connectivity index is 1.42. The van der Waals surface area contributed by atoms with Gasteiger partial charge < -0.3 is 14.8 Å². The number of aryl methyl sites for hydroxylation is 1. The second kappa shape index (κ2) is 11.7. The van der Waals surface area contributed by atoms with Gasteiger partial charge in [0.25, 0.3) is 0 Å². The number of rotatable bonds is 9. The number of anilines is 2. The highest BCUT2D eigenvalue weighted by Crippen LogP contribution is 2.37. The van der Waals surface area contributed by atoms with Gasteiger partial charge in [0.05, 0.1) is 24.1 Å². The lowest BCUT2D eigenvalue weighted by Gasteiger charge is -2.34. The molecule has 10 nitrogen and oxygen atoms in total. The first-order chi connectivity index (χ1) is 19.3. The predicted molar refractivity (Wildman–Crippen MR) is 150 cm³/mol. The van der Waals surface area contributed by atoms with Crippen LogP contribution in [0, 0.1) is 12.8 Å². The van der Waals surface area contributed by atoms with Gasteiger partial charge in [0.2, 0.25) is 11.8 Å². The molecule has 1 fully saturated rings. The van der Waals surface area contributed by atoms with Gasteiger partial charge in [0.1, 0.15) is 5.75 Å². The minimum atomic E-state index is -0.672. The Morgan fingerprint density at radius 1 is 1.05 bits per heavy atom. The summed E-state index contributed by atoms with van der Waals surface area (Å²) in [5.41, 5.74) is 1.40. The van der Waals surface area contributed by atoms with E-state index in [0.29, 0.717) is 35.2 Å². The largest absolute Gasteiger partial charge is 0.466 e. The molecule has 0 atom stereocenters. The number of carbonyl (C=O) groups is 1. The Hall–Kier alpha value is -4.44. The lowest BCUT2D eigenvalue weighted by atomic mass is 9.80. The van der Waals surface area contributed by atoms with Crippen molar-refractivity contribution in [3.05, 3.63) is 104 Å². The van der Waals surface area contributed by atoms with Crippen LogP contribution in [0.25, 0.3) is 0 Å². The van der Waals surface area contributed by atoms with Crippen molar-refractivity contribution < 1.29 is 14.3 Å². The summed E-state index contributed by atoms with van der Waals surface area (Å²) in [7, 11) is 0. The van der Waals surface area contributed by atoms with Crippen LogP contribution in [-0.2, 0) is 16.1 Å². The summed E-state index contributed by atoms with van der Waals surface area (Å²) in [6, 6.07) is 17.6. The fourth-order valence-electron chi connectivity index (χ4n) is 4.46. The molecule has 1 N–H and O–H groups in total. The van der Waals surface area contributed by atoms with E-state index in [-0.39, 0.29) is 31.0 Å². The molecule has 2 heterocycles. The minimum absolute atomic E-state index is 0.112. The lowest BCUT2D eigenvalue weighted by molar-refractivity contribution is -0.152. The van der Waals surface area contributed by atoms with Gasteiger partial charge in [0.15, 0.2) is 0 Å². The molecule has 4 aromatic rings. The van der Waals surface area contributed by atoms with Gasteiger partial charge in [-0.05, 0) is 62.6 Å². The van der Waals surface area contributed by atoms with Crippen LogP contribution in [0.3, 0.4) is 0 Å². The quantitative estimate of drug-likeness (QED) is 0.288. The number of hydrogen-bond acceptors (Lipinski definition) is 8. The maximum Gasteiger partial charge on any atom is 0.355 e. The average Bonchev–Trinajstić information content (AvgIpc) is 2.91. The van der Waals surface area contributed by atoms with E-state index >= 15 is 0 Å². The van der Waals surface area contributed by atoms with Crippen molar-refractivity contribution in [3.8, 4) is 11.6 Å². The smallest absolute Gasteiger partial charge is 0.355 e. The maximum absolute atomic E-state index is 13.7. The number of carbonyl (C=O) groups excluding carboxylic acids is 1. The number of halogens is 1. The Labute approximate surface area is 235 Å². The number of nitrogens with zero attached hydrogens (tertiary/aromatic N) is 4. The average molecular weight is 562 g/mol. The molecule has 1 aliphatic rings. The SMILES string of the molecule is CCOC(=O)C1CC(n2c(=O)nc(Nc3ccc(Oc4ccc(Cl)cn4)cc3)n(Cc3ccc(C)cc3)c2=O)C1. The Bertz CT molecular complexity index is 1610. The number of hydrogen-bond donors (Lipinski definition) is 1. The maximum atomic E-state index is 13.7. The van der Waals surface area contributed by atoms with E-state index in [4.69, 9.17) is 21.1 Å². The summed E-state index contributed by atoms with van der Waals surface area (Å²) in [4.78, 5) is 47.2. The Morgan fingerprint density at radius 2 is 1.77 bits per heavy atom. The first-order valence-electron chi connectivity index (χ1n) is 12.9. The van der Waals surface area contributed by atoms with Crippen molar-refractivity contribution in [2.45, 2.75) is 39.3 Å². The highest BCUT2D eigenvalue weighted by molar-refractivity contribution is 6.30. The van der Waals surface area contributed by atoms with Crippen molar-refractivity contribution in [3.63, 3.8) is 0 Å². The predicted octanol–water partition coefficient (Wildman–Crippen LogP) is 4.86. The number of benzene rings is 2. The first-order valence-corrected chi connectivity index (χ1v) is 13.3.